The number of carbonyl (C=O) groups is 3. The number of nitrogens with zero attached hydrogens (tertiary/aromatic N) is 1. The van der Waals surface area contributed by atoms with Crippen molar-refractivity contribution in [3.8, 4) is 0 Å². The molecule has 1 saturated heterocycles. The summed E-state index contributed by atoms with van der Waals surface area (Å²) >= 11 is 0. The molecule has 18 heavy (non-hydrogen) atoms. The molecule has 0 aromatic carbocycles. The summed E-state index contributed by atoms with van der Waals surface area (Å²) in [5.41, 5.74) is 4.90. The highest BCUT2D eigenvalue weighted by Crippen LogP contribution is 2.02. The number of hydrogen-bond donors (Lipinski definition) is 3. The first-order valence-corrected chi connectivity index (χ1v) is 6.80. The van der Waals surface area contributed by atoms with Crippen molar-refractivity contribution in [2.45, 2.75) is 12.5 Å². The summed E-state index contributed by atoms with van der Waals surface area (Å²) in [6.45, 7) is 0.614. The van der Waals surface area contributed by atoms with E-state index in [-0.39, 0.29) is 0 Å². The molecule has 1 aliphatic rings. The lowest BCUT2D eigenvalue weighted by molar-refractivity contribution is -0.140. The lowest BCUT2D eigenvalue weighted by atomic mass is 10.2. The molecule has 0 aromatic heterocycles. The zero-order valence-corrected chi connectivity index (χ0v) is 10.4. The van der Waals surface area contributed by atoms with E-state index in [1.807, 2.05) is 0 Å². The SMILES string of the molecule is NC(=O)C[C@H](NC(=O)N1CCS(=O)CC1)C(=O)O. The Balaban J connectivity index is 2.53. The number of hydrogen-bond acceptors (Lipinski definition) is 4. The number of amides is 3. The number of rotatable bonds is 4. The maximum absolute atomic E-state index is 11.7. The number of carboxylic acids is 1. The Morgan fingerprint density at radius 2 is 1.89 bits per heavy atom. The van der Waals surface area contributed by atoms with Gasteiger partial charge in [0.25, 0.3) is 0 Å². The molecule has 0 unspecified atom stereocenters. The van der Waals surface area contributed by atoms with Gasteiger partial charge in [-0.2, -0.15) is 0 Å². The first-order valence-electron chi connectivity index (χ1n) is 5.31. The molecule has 0 saturated carbocycles. The second kappa shape index (κ2) is 6.34. The Bertz CT molecular complexity index is 376. The fourth-order valence-electron chi connectivity index (χ4n) is 1.48. The maximum atomic E-state index is 11.7. The number of carboxylic acid groups (broad SMARTS) is 1. The van der Waals surface area contributed by atoms with Crippen molar-refractivity contribution in [1.82, 2.24) is 10.2 Å². The number of carbonyl (C=O) groups excluding carboxylic acids is 2. The van der Waals surface area contributed by atoms with Crippen molar-refractivity contribution in [1.29, 1.82) is 0 Å². The van der Waals surface area contributed by atoms with Crippen LogP contribution < -0.4 is 11.1 Å². The molecule has 1 atom stereocenters. The number of urea groups is 1. The molecule has 0 aromatic rings. The van der Waals surface area contributed by atoms with Crippen LogP contribution in [0.25, 0.3) is 0 Å². The first-order chi connectivity index (χ1) is 8.40. The summed E-state index contributed by atoms with van der Waals surface area (Å²) in [7, 11) is -0.920. The van der Waals surface area contributed by atoms with Gasteiger partial charge in [0, 0.05) is 35.4 Å². The van der Waals surface area contributed by atoms with Crippen molar-refractivity contribution in [3.63, 3.8) is 0 Å². The van der Waals surface area contributed by atoms with E-state index < -0.39 is 41.2 Å². The smallest absolute Gasteiger partial charge is 0.326 e. The molecule has 0 spiro atoms. The highest BCUT2D eigenvalue weighted by atomic mass is 32.2. The third-order valence-corrected chi connectivity index (χ3v) is 3.74. The number of nitrogens with one attached hydrogen (secondary N) is 1. The van der Waals surface area contributed by atoms with E-state index >= 15 is 0 Å². The fraction of sp³-hybridized carbons (Fsp3) is 0.667. The second-order valence-electron chi connectivity index (χ2n) is 3.85. The zero-order valence-electron chi connectivity index (χ0n) is 9.63. The molecule has 4 N–H and O–H groups in total. The van der Waals surface area contributed by atoms with Gasteiger partial charge >= 0.3 is 12.0 Å². The average Bonchev–Trinajstić information content (AvgIpc) is 2.28. The van der Waals surface area contributed by atoms with Crippen LogP contribution in [0.5, 0.6) is 0 Å². The van der Waals surface area contributed by atoms with E-state index in [9.17, 15) is 18.6 Å². The van der Waals surface area contributed by atoms with Gasteiger partial charge < -0.3 is 21.1 Å². The summed E-state index contributed by atoms with van der Waals surface area (Å²) < 4.78 is 11.1. The minimum absolute atomic E-state index is 0.307. The third kappa shape index (κ3) is 4.32. The zero-order chi connectivity index (χ0) is 13.7. The van der Waals surface area contributed by atoms with Crippen LogP contribution in [0.2, 0.25) is 0 Å². The van der Waals surface area contributed by atoms with Crippen LogP contribution in [-0.2, 0) is 20.4 Å². The molecular formula is C9H15N3O5S. The van der Waals surface area contributed by atoms with Gasteiger partial charge in [-0.3, -0.25) is 9.00 Å². The third-order valence-electron chi connectivity index (χ3n) is 2.47. The van der Waals surface area contributed by atoms with Gasteiger partial charge in [0.1, 0.15) is 6.04 Å². The van der Waals surface area contributed by atoms with E-state index in [0.29, 0.717) is 24.6 Å². The van der Waals surface area contributed by atoms with Gasteiger partial charge in [-0.05, 0) is 0 Å². The highest BCUT2D eigenvalue weighted by Gasteiger charge is 2.26. The van der Waals surface area contributed by atoms with Crippen LogP contribution in [0.1, 0.15) is 6.42 Å². The molecule has 0 bridgehead atoms. The van der Waals surface area contributed by atoms with Gasteiger partial charge in [0.05, 0.1) is 6.42 Å². The normalized spacial score (nSPS) is 18.1. The summed E-state index contributed by atoms with van der Waals surface area (Å²) in [5, 5.41) is 11.0. The average molecular weight is 277 g/mol. The molecule has 1 fully saturated rings. The van der Waals surface area contributed by atoms with E-state index in [1.165, 1.54) is 4.90 Å². The van der Waals surface area contributed by atoms with Gasteiger partial charge in [-0.25, -0.2) is 9.59 Å². The monoisotopic (exact) mass is 277 g/mol. The lowest BCUT2D eigenvalue weighted by Gasteiger charge is -2.27. The summed E-state index contributed by atoms with van der Waals surface area (Å²) in [5.74, 6) is -1.37. The number of aliphatic carboxylic acids is 1. The van der Waals surface area contributed by atoms with Gasteiger partial charge in [0.15, 0.2) is 0 Å². The Hall–Kier alpha value is -1.64. The highest BCUT2D eigenvalue weighted by molar-refractivity contribution is 7.85. The second-order valence-corrected chi connectivity index (χ2v) is 5.54. The molecule has 8 nitrogen and oxygen atoms in total. The molecular weight excluding hydrogens is 262 g/mol. The standard InChI is InChI=1S/C9H15N3O5S/c10-7(13)5-6(8(14)15)11-9(16)12-1-3-18(17)4-2-12/h6H,1-5H2,(H2,10,13)(H,11,16)(H,14,15)/t6-/m0/s1. The van der Waals surface area contributed by atoms with E-state index in [4.69, 9.17) is 10.8 Å². The van der Waals surface area contributed by atoms with Gasteiger partial charge in [-0.1, -0.05) is 0 Å². The Labute approximate surface area is 106 Å². The minimum atomic E-state index is -1.33. The molecule has 1 aliphatic heterocycles. The molecule has 1 rings (SSSR count). The summed E-state index contributed by atoms with van der Waals surface area (Å²) in [6, 6.07) is -1.91. The summed E-state index contributed by atoms with van der Waals surface area (Å²) in [4.78, 5) is 34.6. The van der Waals surface area contributed by atoms with Crippen LogP contribution in [-0.4, -0.2) is 62.8 Å². The minimum Gasteiger partial charge on any atom is -0.480 e. The Morgan fingerprint density at radius 3 is 2.33 bits per heavy atom. The van der Waals surface area contributed by atoms with E-state index in [2.05, 4.69) is 5.32 Å². The van der Waals surface area contributed by atoms with Crippen LogP contribution in [0.4, 0.5) is 4.79 Å². The lowest BCUT2D eigenvalue weighted by Crippen LogP contribution is -2.52. The molecule has 0 radical (unpaired) electrons. The molecule has 0 aliphatic carbocycles. The van der Waals surface area contributed by atoms with Crippen molar-refractivity contribution < 1.29 is 23.7 Å². The Morgan fingerprint density at radius 1 is 1.33 bits per heavy atom. The van der Waals surface area contributed by atoms with Crippen LogP contribution in [0.15, 0.2) is 0 Å². The molecule has 102 valence electrons. The number of nitrogens with two attached hydrogens (primary N) is 1. The topological polar surface area (TPSA) is 130 Å². The van der Waals surface area contributed by atoms with Crippen molar-refractivity contribution in [2.75, 3.05) is 24.6 Å². The van der Waals surface area contributed by atoms with Crippen LogP contribution >= 0.6 is 0 Å². The van der Waals surface area contributed by atoms with Gasteiger partial charge in [0.2, 0.25) is 5.91 Å². The molecule has 3 amide bonds. The largest absolute Gasteiger partial charge is 0.480 e. The predicted octanol–water partition coefficient (Wildman–Crippen LogP) is -1.91. The van der Waals surface area contributed by atoms with Crippen LogP contribution in [0, 0.1) is 0 Å². The maximum Gasteiger partial charge on any atom is 0.326 e. The van der Waals surface area contributed by atoms with Crippen LogP contribution in [0.3, 0.4) is 0 Å². The summed E-state index contributed by atoms with van der Waals surface area (Å²) in [6.07, 6.45) is -0.457. The van der Waals surface area contributed by atoms with Crippen molar-refractivity contribution in [2.24, 2.45) is 5.73 Å². The first kappa shape index (κ1) is 14.4. The fourth-order valence-corrected chi connectivity index (χ4v) is 2.53. The Kier molecular flexibility index (Phi) is 5.08. The predicted molar refractivity (Wildman–Crippen MR) is 63.2 cm³/mol. The van der Waals surface area contributed by atoms with Crippen molar-refractivity contribution >= 4 is 28.7 Å². The van der Waals surface area contributed by atoms with E-state index in [1.54, 1.807) is 0 Å². The van der Waals surface area contributed by atoms with Gasteiger partial charge in [-0.15, -0.1) is 0 Å². The quantitative estimate of drug-likeness (QED) is 0.552. The van der Waals surface area contributed by atoms with E-state index in [0.717, 1.165) is 0 Å². The molecule has 1 heterocycles. The number of primary amides is 1. The van der Waals surface area contributed by atoms with Crippen molar-refractivity contribution in [3.05, 3.63) is 0 Å². The molecule has 9 heteroatoms.